The fourth-order valence-corrected chi connectivity index (χ4v) is 1.65. The van der Waals surface area contributed by atoms with Gasteiger partial charge in [0.05, 0.1) is 13.7 Å². The molecule has 3 nitrogen and oxygen atoms in total. The average molecular weight is 277 g/mol. The number of alkyl halides is 3. The summed E-state index contributed by atoms with van der Waals surface area (Å²) in [7, 11) is 3.27. The second-order valence-electron chi connectivity index (χ2n) is 4.17. The molecule has 1 N–H and O–H groups in total. The molecule has 0 aromatic heterocycles. The van der Waals surface area contributed by atoms with E-state index >= 15 is 0 Å². The number of methoxy groups -OCH3 is 1. The monoisotopic (exact) mass is 277 g/mol. The molecular weight excluding hydrogens is 259 g/mol. The van der Waals surface area contributed by atoms with Crippen LogP contribution < -0.4 is 10.1 Å². The zero-order chi connectivity index (χ0) is 14.3. The number of ether oxygens (including phenoxy) is 2. The Kier molecular flexibility index (Phi) is 6.11. The molecule has 108 valence electrons. The first kappa shape index (κ1) is 15.8. The molecule has 0 heterocycles. The number of benzene rings is 1. The molecule has 0 saturated carbocycles. The summed E-state index contributed by atoms with van der Waals surface area (Å²) >= 11 is 0. The summed E-state index contributed by atoms with van der Waals surface area (Å²) in [5.41, 5.74) is 0.981. The molecule has 0 saturated heterocycles. The van der Waals surface area contributed by atoms with Crippen LogP contribution >= 0.6 is 0 Å². The van der Waals surface area contributed by atoms with E-state index in [4.69, 9.17) is 4.74 Å². The Morgan fingerprint density at radius 1 is 1.32 bits per heavy atom. The normalized spacial score (nSPS) is 13.3. The molecule has 0 aliphatic rings. The Morgan fingerprint density at radius 3 is 2.63 bits per heavy atom. The highest BCUT2D eigenvalue weighted by Gasteiger charge is 2.27. The van der Waals surface area contributed by atoms with Gasteiger partial charge in [0.2, 0.25) is 0 Å². The lowest BCUT2D eigenvalue weighted by Crippen LogP contribution is -2.34. The highest BCUT2D eigenvalue weighted by molar-refractivity contribution is 5.28. The molecule has 0 aliphatic carbocycles. The highest BCUT2D eigenvalue weighted by Crippen LogP contribution is 2.16. The van der Waals surface area contributed by atoms with Crippen molar-refractivity contribution in [3.05, 3.63) is 29.8 Å². The topological polar surface area (TPSA) is 30.5 Å². The third-order valence-electron chi connectivity index (χ3n) is 2.61. The van der Waals surface area contributed by atoms with E-state index in [1.807, 2.05) is 24.3 Å². The zero-order valence-corrected chi connectivity index (χ0v) is 11.0. The molecule has 0 fully saturated rings. The van der Waals surface area contributed by atoms with Crippen molar-refractivity contribution >= 4 is 0 Å². The van der Waals surface area contributed by atoms with Crippen LogP contribution in [0.15, 0.2) is 24.3 Å². The highest BCUT2D eigenvalue weighted by atomic mass is 19.4. The molecule has 1 aromatic carbocycles. The molecular formula is C13H18F3NO2. The largest absolute Gasteiger partial charge is 0.497 e. The summed E-state index contributed by atoms with van der Waals surface area (Å²) < 4.78 is 45.7. The fraction of sp³-hybridized carbons (Fsp3) is 0.538. The van der Waals surface area contributed by atoms with E-state index in [0.29, 0.717) is 6.42 Å². The molecule has 0 bridgehead atoms. The van der Waals surface area contributed by atoms with E-state index in [0.717, 1.165) is 11.3 Å². The van der Waals surface area contributed by atoms with E-state index in [1.54, 1.807) is 14.2 Å². The lowest BCUT2D eigenvalue weighted by Gasteiger charge is -2.17. The first-order chi connectivity index (χ1) is 8.94. The zero-order valence-electron chi connectivity index (χ0n) is 11.0. The van der Waals surface area contributed by atoms with Crippen molar-refractivity contribution in [2.24, 2.45) is 0 Å². The van der Waals surface area contributed by atoms with Gasteiger partial charge in [-0.15, -0.1) is 0 Å². The molecule has 1 rings (SSSR count). The number of rotatable bonds is 7. The predicted octanol–water partition coefficient (Wildman–Crippen LogP) is 2.40. The van der Waals surface area contributed by atoms with Crippen molar-refractivity contribution in [1.82, 2.24) is 5.32 Å². The summed E-state index contributed by atoms with van der Waals surface area (Å²) in [4.78, 5) is 0. The van der Waals surface area contributed by atoms with Crippen LogP contribution in [0, 0.1) is 0 Å². The van der Waals surface area contributed by atoms with E-state index in [1.165, 1.54) is 0 Å². The molecule has 6 heteroatoms. The number of likely N-dealkylation sites (N-methyl/N-ethyl adjacent to an activating group) is 1. The Bertz CT molecular complexity index is 382. The molecule has 1 aromatic rings. The van der Waals surface area contributed by atoms with Gasteiger partial charge in [0, 0.05) is 6.04 Å². The second-order valence-corrected chi connectivity index (χ2v) is 4.17. The van der Waals surface area contributed by atoms with E-state index in [-0.39, 0.29) is 12.6 Å². The van der Waals surface area contributed by atoms with Gasteiger partial charge < -0.3 is 14.8 Å². The summed E-state index contributed by atoms with van der Waals surface area (Å²) in [6, 6.07) is 7.25. The summed E-state index contributed by atoms with van der Waals surface area (Å²) in [5, 5.41) is 2.94. The molecule has 1 atom stereocenters. The number of hydrogen-bond donors (Lipinski definition) is 1. The van der Waals surface area contributed by atoms with Crippen LogP contribution in [0.4, 0.5) is 13.2 Å². The van der Waals surface area contributed by atoms with Crippen molar-refractivity contribution < 1.29 is 22.6 Å². The van der Waals surface area contributed by atoms with Crippen LogP contribution in [0.5, 0.6) is 5.75 Å². The summed E-state index contributed by atoms with van der Waals surface area (Å²) in [6.07, 6.45) is -3.71. The Balaban J connectivity index is 2.47. The van der Waals surface area contributed by atoms with E-state index in [2.05, 4.69) is 10.1 Å². The maximum atomic E-state index is 12.0. The van der Waals surface area contributed by atoms with Crippen LogP contribution in [0.25, 0.3) is 0 Å². The van der Waals surface area contributed by atoms with Gasteiger partial charge in [-0.2, -0.15) is 13.2 Å². The van der Waals surface area contributed by atoms with Crippen LogP contribution in [0.2, 0.25) is 0 Å². The third-order valence-corrected chi connectivity index (χ3v) is 2.61. The van der Waals surface area contributed by atoms with Crippen molar-refractivity contribution in [3.63, 3.8) is 0 Å². The molecule has 1 unspecified atom stereocenters. The van der Waals surface area contributed by atoms with Gasteiger partial charge in [0.1, 0.15) is 12.4 Å². The van der Waals surface area contributed by atoms with Crippen molar-refractivity contribution in [1.29, 1.82) is 0 Å². The predicted molar refractivity (Wildman–Crippen MR) is 66.4 cm³/mol. The van der Waals surface area contributed by atoms with E-state index in [9.17, 15) is 13.2 Å². The molecule has 0 radical (unpaired) electrons. The van der Waals surface area contributed by atoms with Gasteiger partial charge in [-0.25, -0.2) is 0 Å². The molecule has 0 spiro atoms. The average Bonchev–Trinajstić information content (AvgIpc) is 2.36. The van der Waals surface area contributed by atoms with Gasteiger partial charge >= 0.3 is 6.18 Å². The standard InChI is InChI=1S/C13H18F3NO2/c1-17-11(8-19-9-13(14,15)16)6-10-4-3-5-12(7-10)18-2/h3-5,7,11,17H,6,8-9H2,1-2H3. The minimum Gasteiger partial charge on any atom is -0.497 e. The molecule has 19 heavy (non-hydrogen) atoms. The van der Waals surface area contributed by atoms with Gasteiger partial charge in [-0.3, -0.25) is 0 Å². The van der Waals surface area contributed by atoms with Crippen LogP contribution in [-0.2, 0) is 11.2 Å². The first-order valence-corrected chi connectivity index (χ1v) is 5.89. The van der Waals surface area contributed by atoms with Gasteiger partial charge in [-0.05, 0) is 31.2 Å². The minimum absolute atomic E-state index is 0.00716. The van der Waals surface area contributed by atoms with E-state index < -0.39 is 12.8 Å². The quantitative estimate of drug-likeness (QED) is 0.830. The van der Waals surface area contributed by atoms with Crippen LogP contribution in [0.1, 0.15) is 5.56 Å². The summed E-state index contributed by atoms with van der Waals surface area (Å²) in [5.74, 6) is 0.726. The number of halogens is 3. The Hall–Kier alpha value is -1.27. The number of hydrogen-bond acceptors (Lipinski definition) is 3. The van der Waals surface area contributed by atoms with Crippen LogP contribution in [0.3, 0.4) is 0 Å². The van der Waals surface area contributed by atoms with Gasteiger partial charge in [0.15, 0.2) is 0 Å². The summed E-state index contributed by atoms with van der Waals surface area (Å²) in [6.45, 7) is -1.21. The smallest absolute Gasteiger partial charge is 0.411 e. The van der Waals surface area contributed by atoms with Crippen molar-refractivity contribution in [2.75, 3.05) is 27.4 Å². The molecule has 0 amide bonds. The minimum atomic E-state index is -4.28. The Labute approximate surface area is 110 Å². The Morgan fingerprint density at radius 2 is 2.05 bits per heavy atom. The second kappa shape index (κ2) is 7.35. The number of nitrogens with one attached hydrogen (secondary N) is 1. The van der Waals surface area contributed by atoms with Crippen LogP contribution in [-0.4, -0.2) is 39.6 Å². The maximum Gasteiger partial charge on any atom is 0.411 e. The SMILES string of the molecule is CNC(COCC(F)(F)F)Cc1cccc(OC)c1. The van der Waals surface area contributed by atoms with Gasteiger partial charge in [0.25, 0.3) is 0 Å². The van der Waals surface area contributed by atoms with Gasteiger partial charge in [-0.1, -0.05) is 12.1 Å². The van der Waals surface area contributed by atoms with Crippen molar-refractivity contribution in [3.8, 4) is 5.75 Å². The maximum absolute atomic E-state index is 12.0. The first-order valence-electron chi connectivity index (χ1n) is 5.89. The lowest BCUT2D eigenvalue weighted by molar-refractivity contribution is -0.175. The fourth-order valence-electron chi connectivity index (χ4n) is 1.65. The lowest BCUT2D eigenvalue weighted by atomic mass is 10.1. The third kappa shape index (κ3) is 6.45. The van der Waals surface area contributed by atoms with Crippen molar-refractivity contribution in [2.45, 2.75) is 18.6 Å². The molecule has 0 aliphatic heterocycles.